The molecule has 0 aliphatic heterocycles. The highest BCUT2D eigenvalue weighted by Crippen LogP contribution is 2.01. The fraction of sp³-hybridized carbons (Fsp3) is 0.429. The molecule has 2 nitrogen and oxygen atoms in total. The minimum Gasteiger partial charge on any atom is -0.399 e. The second kappa shape index (κ2) is 4.17. The topological polar surface area (TPSA) is 46.2 Å². The predicted octanol–water partition coefficient (Wildman–Crippen LogP) is -0.253. The number of nitrogens with two attached hydrogens (primary N) is 1. The molecule has 0 rings (SSSR count). The van der Waals surface area contributed by atoms with E-state index in [4.69, 9.17) is 10.8 Å². The Labute approximate surface area is 62.8 Å². The standard InChI is InChI=1S/C7H14BNO/c1-5(9)3-7(8)4-6(2)10/h3,6,10H,1,4,8-9H2,2H3/b7-3+. The molecule has 1 atom stereocenters. The van der Waals surface area contributed by atoms with Crippen LogP contribution in [0.1, 0.15) is 13.3 Å². The van der Waals surface area contributed by atoms with Crippen molar-refractivity contribution in [2.75, 3.05) is 0 Å². The molecule has 0 saturated carbocycles. The van der Waals surface area contributed by atoms with Crippen molar-refractivity contribution in [1.29, 1.82) is 0 Å². The Bertz CT molecular complexity index is 152. The van der Waals surface area contributed by atoms with Gasteiger partial charge in [-0.25, -0.2) is 0 Å². The molecule has 0 aromatic carbocycles. The van der Waals surface area contributed by atoms with Crippen molar-refractivity contribution in [3.63, 3.8) is 0 Å². The van der Waals surface area contributed by atoms with E-state index in [0.717, 1.165) is 5.47 Å². The van der Waals surface area contributed by atoms with Crippen LogP contribution in [0.3, 0.4) is 0 Å². The van der Waals surface area contributed by atoms with Gasteiger partial charge in [-0.2, -0.15) is 0 Å². The van der Waals surface area contributed by atoms with Crippen LogP contribution in [0, 0.1) is 0 Å². The Morgan fingerprint density at radius 3 is 2.70 bits per heavy atom. The van der Waals surface area contributed by atoms with Crippen molar-refractivity contribution in [1.82, 2.24) is 0 Å². The lowest BCUT2D eigenvalue weighted by Crippen LogP contribution is -2.02. The summed E-state index contributed by atoms with van der Waals surface area (Å²) in [6.45, 7) is 5.27. The molecule has 0 saturated heterocycles. The Balaban J connectivity index is 3.83. The first kappa shape index (κ1) is 9.30. The fourth-order valence-electron chi connectivity index (χ4n) is 0.841. The van der Waals surface area contributed by atoms with Crippen molar-refractivity contribution >= 4 is 7.85 Å². The van der Waals surface area contributed by atoms with E-state index in [1.54, 1.807) is 13.0 Å². The first-order chi connectivity index (χ1) is 4.52. The summed E-state index contributed by atoms with van der Waals surface area (Å²) in [5.74, 6) is 0. The summed E-state index contributed by atoms with van der Waals surface area (Å²) in [4.78, 5) is 0. The van der Waals surface area contributed by atoms with Crippen LogP contribution in [-0.2, 0) is 0 Å². The third kappa shape index (κ3) is 5.44. The number of allylic oxidation sites excluding steroid dienone is 1. The highest BCUT2D eigenvalue weighted by molar-refractivity contribution is 6.21. The van der Waals surface area contributed by atoms with E-state index in [1.165, 1.54) is 0 Å². The highest BCUT2D eigenvalue weighted by Gasteiger charge is 1.95. The SMILES string of the molecule is B/C(=C/C(=C)N)CC(C)O. The van der Waals surface area contributed by atoms with Gasteiger partial charge in [0.2, 0.25) is 0 Å². The average Bonchev–Trinajstić information content (AvgIpc) is 1.58. The Hall–Kier alpha value is -0.695. The van der Waals surface area contributed by atoms with E-state index in [-0.39, 0.29) is 6.10 Å². The van der Waals surface area contributed by atoms with Gasteiger partial charge in [0.25, 0.3) is 0 Å². The largest absolute Gasteiger partial charge is 0.399 e. The Kier molecular flexibility index (Phi) is 3.88. The molecule has 1 unspecified atom stereocenters. The molecule has 3 N–H and O–H groups in total. The van der Waals surface area contributed by atoms with Crippen molar-refractivity contribution in [2.45, 2.75) is 19.4 Å². The molecule has 0 aromatic heterocycles. The summed E-state index contributed by atoms with van der Waals surface area (Å²) in [6, 6.07) is 0. The van der Waals surface area contributed by atoms with Crippen LogP contribution in [0.5, 0.6) is 0 Å². The van der Waals surface area contributed by atoms with Crippen molar-refractivity contribution in [2.24, 2.45) is 5.73 Å². The second-order valence-corrected chi connectivity index (χ2v) is 2.62. The predicted molar refractivity (Wildman–Crippen MR) is 46.3 cm³/mol. The summed E-state index contributed by atoms with van der Waals surface area (Å²) in [5.41, 5.74) is 6.91. The van der Waals surface area contributed by atoms with Gasteiger partial charge >= 0.3 is 0 Å². The molecule has 0 spiro atoms. The van der Waals surface area contributed by atoms with Gasteiger partial charge < -0.3 is 10.8 Å². The number of aliphatic hydroxyl groups excluding tert-OH is 1. The van der Waals surface area contributed by atoms with E-state index in [9.17, 15) is 0 Å². The van der Waals surface area contributed by atoms with Crippen LogP contribution in [0.15, 0.2) is 23.8 Å². The first-order valence-corrected chi connectivity index (χ1v) is 3.32. The van der Waals surface area contributed by atoms with Gasteiger partial charge in [-0.15, -0.1) is 5.47 Å². The van der Waals surface area contributed by atoms with Crippen LogP contribution < -0.4 is 5.73 Å². The summed E-state index contributed by atoms with van der Waals surface area (Å²) in [5, 5.41) is 8.92. The molecule has 0 radical (unpaired) electrons. The van der Waals surface area contributed by atoms with Gasteiger partial charge in [-0.05, 0) is 19.4 Å². The minimum absolute atomic E-state index is 0.296. The van der Waals surface area contributed by atoms with E-state index in [0.29, 0.717) is 12.1 Å². The molecule has 0 aromatic rings. The molecule has 0 amide bonds. The van der Waals surface area contributed by atoms with Crippen molar-refractivity contribution in [3.05, 3.63) is 23.8 Å². The molecule has 0 aliphatic carbocycles. The van der Waals surface area contributed by atoms with Crippen LogP contribution in [0.2, 0.25) is 0 Å². The molecule has 0 heterocycles. The van der Waals surface area contributed by atoms with E-state index in [1.807, 2.05) is 7.85 Å². The zero-order valence-electron chi connectivity index (χ0n) is 6.59. The minimum atomic E-state index is -0.296. The smallest absolute Gasteiger partial charge is 0.134 e. The van der Waals surface area contributed by atoms with Crippen LogP contribution in [-0.4, -0.2) is 19.1 Å². The maximum atomic E-state index is 8.92. The molecular formula is C7H14BNO. The van der Waals surface area contributed by atoms with Crippen molar-refractivity contribution in [3.8, 4) is 0 Å². The van der Waals surface area contributed by atoms with Gasteiger partial charge in [-0.1, -0.05) is 6.58 Å². The third-order valence-corrected chi connectivity index (χ3v) is 1.05. The number of rotatable bonds is 3. The van der Waals surface area contributed by atoms with Crippen molar-refractivity contribution < 1.29 is 5.11 Å². The average molecular weight is 139 g/mol. The Morgan fingerprint density at radius 1 is 1.90 bits per heavy atom. The number of aliphatic hydroxyl groups is 1. The third-order valence-electron chi connectivity index (χ3n) is 1.05. The van der Waals surface area contributed by atoms with Crippen LogP contribution in [0.25, 0.3) is 0 Å². The first-order valence-electron chi connectivity index (χ1n) is 3.32. The van der Waals surface area contributed by atoms with Crippen LogP contribution in [0.4, 0.5) is 0 Å². The Morgan fingerprint density at radius 2 is 2.40 bits per heavy atom. The lowest BCUT2D eigenvalue weighted by Gasteiger charge is -2.03. The molecule has 3 heteroatoms. The van der Waals surface area contributed by atoms with Gasteiger partial charge in [0.15, 0.2) is 0 Å². The normalized spacial score (nSPS) is 14.8. The van der Waals surface area contributed by atoms with Crippen LogP contribution >= 0.6 is 0 Å². The zero-order valence-corrected chi connectivity index (χ0v) is 6.59. The van der Waals surface area contributed by atoms with Gasteiger partial charge in [-0.3, -0.25) is 0 Å². The number of hydrogen-bond acceptors (Lipinski definition) is 2. The molecule has 0 fully saturated rings. The lowest BCUT2D eigenvalue weighted by molar-refractivity contribution is 0.197. The van der Waals surface area contributed by atoms with E-state index < -0.39 is 0 Å². The van der Waals surface area contributed by atoms with Gasteiger partial charge in [0.1, 0.15) is 7.85 Å². The molecule has 0 aliphatic rings. The summed E-state index contributed by atoms with van der Waals surface area (Å²) < 4.78 is 0. The summed E-state index contributed by atoms with van der Waals surface area (Å²) in [6.07, 6.45) is 2.14. The fourth-order valence-corrected chi connectivity index (χ4v) is 0.841. The molecule has 0 bridgehead atoms. The maximum absolute atomic E-state index is 8.92. The highest BCUT2D eigenvalue weighted by atomic mass is 16.3. The molecular weight excluding hydrogens is 125 g/mol. The maximum Gasteiger partial charge on any atom is 0.134 e. The summed E-state index contributed by atoms with van der Waals surface area (Å²) >= 11 is 0. The van der Waals surface area contributed by atoms with Gasteiger partial charge in [0.05, 0.1) is 6.10 Å². The number of hydrogen-bond donors (Lipinski definition) is 2. The summed E-state index contributed by atoms with van der Waals surface area (Å²) in [7, 11) is 1.92. The molecule has 56 valence electrons. The monoisotopic (exact) mass is 139 g/mol. The van der Waals surface area contributed by atoms with Gasteiger partial charge in [0, 0.05) is 5.70 Å². The lowest BCUT2D eigenvalue weighted by atomic mass is 9.90. The molecule has 10 heavy (non-hydrogen) atoms. The quantitative estimate of drug-likeness (QED) is 0.418. The zero-order chi connectivity index (χ0) is 8.15. The van der Waals surface area contributed by atoms with E-state index in [2.05, 4.69) is 6.58 Å². The van der Waals surface area contributed by atoms with E-state index >= 15 is 0 Å². The second-order valence-electron chi connectivity index (χ2n) is 2.62.